The SMILES string of the molecule is C=CCOC(=O)N[C@H](C(=O)NN(CC1CCCCC1)C[C@H](O)C(C(=O)[C@@H](NC(=O)OCC=C)C(C)C)C(N)c1ccccc1)C(C)C. The Hall–Kier alpha value is -3.74. The monoisotopic (exact) mass is 657 g/mol. The fourth-order valence-corrected chi connectivity index (χ4v) is 5.82. The van der Waals surface area contributed by atoms with Crippen molar-refractivity contribution >= 4 is 23.9 Å². The van der Waals surface area contributed by atoms with Crippen molar-refractivity contribution in [3.8, 4) is 0 Å². The van der Waals surface area contributed by atoms with Crippen LogP contribution in [0, 0.1) is 23.7 Å². The molecule has 0 aromatic heterocycles. The van der Waals surface area contributed by atoms with E-state index in [9.17, 15) is 24.3 Å². The summed E-state index contributed by atoms with van der Waals surface area (Å²) in [5.41, 5.74) is 10.3. The number of aliphatic hydroxyl groups excluding tert-OH is 1. The number of ether oxygens (including phenoxy) is 2. The summed E-state index contributed by atoms with van der Waals surface area (Å²) < 4.78 is 10.1. The normalized spacial score (nSPS) is 16.8. The summed E-state index contributed by atoms with van der Waals surface area (Å²) in [7, 11) is 0. The lowest BCUT2D eigenvalue weighted by Gasteiger charge is -2.37. The molecule has 1 aromatic rings. The van der Waals surface area contributed by atoms with Crippen LogP contribution in [0.2, 0.25) is 0 Å². The van der Waals surface area contributed by atoms with Crippen molar-refractivity contribution in [3.05, 3.63) is 61.2 Å². The molecular weight excluding hydrogens is 602 g/mol. The predicted molar refractivity (Wildman–Crippen MR) is 181 cm³/mol. The fourth-order valence-electron chi connectivity index (χ4n) is 5.82. The number of nitrogens with two attached hydrogens (primary N) is 1. The number of amides is 3. The Morgan fingerprint density at radius 2 is 1.45 bits per heavy atom. The van der Waals surface area contributed by atoms with Crippen LogP contribution >= 0.6 is 0 Å². The second-order valence-corrected chi connectivity index (χ2v) is 12.8. The van der Waals surface area contributed by atoms with Crippen LogP contribution in [0.1, 0.15) is 71.4 Å². The molecule has 3 amide bonds. The molecule has 2 unspecified atom stereocenters. The molecule has 262 valence electrons. The van der Waals surface area contributed by atoms with Gasteiger partial charge in [-0.25, -0.2) is 14.6 Å². The van der Waals surface area contributed by atoms with Crippen LogP contribution in [-0.2, 0) is 19.1 Å². The van der Waals surface area contributed by atoms with Gasteiger partial charge in [-0.05, 0) is 36.2 Å². The number of aliphatic hydroxyl groups is 1. The minimum atomic E-state index is -1.35. The molecule has 1 aliphatic carbocycles. The van der Waals surface area contributed by atoms with Gasteiger partial charge in [0.15, 0.2) is 5.78 Å². The molecule has 47 heavy (non-hydrogen) atoms. The fraction of sp³-hybridized carbons (Fsp3) is 0.600. The molecule has 12 nitrogen and oxygen atoms in total. The lowest BCUT2D eigenvalue weighted by Crippen LogP contribution is -2.58. The van der Waals surface area contributed by atoms with Crippen molar-refractivity contribution in [1.82, 2.24) is 21.1 Å². The van der Waals surface area contributed by atoms with Gasteiger partial charge >= 0.3 is 12.2 Å². The molecule has 5 atom stereocenters. The third-order valence-electron chi connectivity index (χ3n) is 8.33. The maximum atomic E-state index is 14.2. The Labute approximate surface area is 279 Å². The van der Waals surface area contributed by atoms with E-state index in [4.69, 9.17) is 15.2 Å². The smallest absolute Gasteiger partial charge is 0.408 e. The number of benzene rings is 1. The molecule has 6 N–H and O–H groups in total. The average molecular weight is 658 g/mol. The highest BCUT2D eigenvalue weighted by Gasteiger charge is 2.40. The highest BCUT2D eigenvalue weighted by Crippen LogP contribution is 2.28. The standard InChI is InChI=1S/C35H55N5O7/c1-7-19-46-34(44)37-30(23(3)4)32(42)28(29(36)26-17-13-10-14-18-26)27(41)22-40(21-25-15-11-9-12-16-25)39-33(43)31(24(5)6)38-35(45)47-20-8-2/h7-8,10,13-14,17-18,23-25,27-31,41H,1-2,9,11-12,15-16,19-22,36H2,3-6H3,(H,37,44)(H,38,45)(H,39,43)/t27-,28?,29?,30-,31-/m0/s1. The van der Waals surface area contributed by atoms with Crippen LogP contribution in [-0.4, -0.2) is 78.5 Å². The van der Waals surface area contributed by atoms with Crippen molar-refractivity contribution < 1.29 is 33.8 Å². The molecule has 12 heteroatoms. The molecule has 0 spiro atoms. The maximum Gasteiger partial charge on any atom is 0.408 e. The van der Waals surface area contributed by atoms with Gasteiger partial charge in [-0.3, -0.25) is 15.0 Å². The van der Waals surface area contributed by atoms with E-state index < -0.39 is 54.0 Å². The zero-order valence-corrected chi connectivity index (χ0v) is 28.4. The number of alkyl carbamates (subject to hydrolysis) is 2. The van der Waals surface area contributed by atoms with Crippen molar-refractivity contribution in [2.75, 3.05) is 26.3 Å². The van der Waals surface area contributed by atoms with Gasteiger partial charge in [-0.1, -0.05) is 103 Å². The second kappa shape index (κ2) is 20.5. The van der Waals surface area contributed by atoms with Gasteiger partial charge in [0.25, 0.3) is 5.91 Å². The Bertz CT molecular complexity index is 1160. The van der Waals surface area contributed by atoms with Gasteiger partial charge in [0.1, 0.15) is 19.3 Å². The van der Waals surface area contributed by atoms with E-state index in [-0.39, 0.29) is 37.5 Å². The minimum absolute atomic E-state index is 0.00639. The Morgan fingerprint density at radius 1 is 0.915 bits per heavy atom. The Kier molecular flexibility index (Phi) is 17.2. The predicted octanol–water partition coefficient (Wildman–Crippen LogP) is 4.02. The molecule has 0 aliphatic heterocycles. The first-order valence-electron chi connectivity index (χ1n) is 16.6. The number of hydrazine groups is 1. The molecule has 1 saturated carbocycles. The van der Waals surface area contributed by atoms with Crippen molar-refractivity contribution in [2.45, 2.75) is 84.0 Å². The zero-order chi connectivity index (χ0) is 34.9. The number of hydrogen-bond acceptors (Lipinski definition) is 9. The number of rotatable bonds is 19. The van der Waals surface area contributed by atoms with Crippen LogP contribution in [0.5, 0.6) is 0 Å². The van der Waals surface area contributed by atoms with Gasteiger partial charge in [-0.2, -0.15) is 0 Å². The summed E-state index contributed by atoms with van der Waals surface area (Å²) >= 11 is 0. The summed E-state index contributed by atoms with van der Waals surface area (Å²) in [6.07, 6.45) is 5.13. The third kappa shape index (κ3) is 13.1. The number of Topliss-reactive ketones (excluding diaryl/α,β-unsaturated/α-hetero) is 1. The van der Waals surface area contributed by atoms with Crippen LogP contribution < -0.4 is 21.8 Å². The largest absolute Gasteiger partial charge is 0.445 e. The summed E-state index contributed by atoms with van der Waals surface area (Å²) in [5, 5.41) is 18.7. The minimum Gasteiger partial charge on any atom is -0.445 e. The lowest BCUT2D eigenvalue weighted by atomic mass is 9.80. The van der Waals surface area contributed by atoms with E-state index in [0.717, 1.165) is 32.1 Å². The molecule has 1 aliphatic rings. The number of carbonyl (C=O) groups excluding carboxylic acids is 4. The maximum absolute atomic E-state index is 14.2. The van der Waals surface area contributed by atoms with E-state index >= 15 is 0 Å². The molecule has 1 fully saturated rings. The van der Waals surface area contributed by atoms with E-state index in [0.29, 0.717) is 12.1 Å². The molecule has 0 radical (unpaired) electrons. The van der Waals surface area contributed by atoms with Crippen molar-refractivity contribution in [1.29, 1.82) is 0 Å². The number of hydrogen-bond donors (Lipinski definition) is 5. The molecule has 0 bridgehead atoms. The Balaban J connectivity index is 2.41. The van der Waals surface area contributed by atoms with E-state index in [1.165, 1.54) is 12.2 Å². The quantitative estimate of drug-likeness (QED) is 0.109. The number of nitrogens with one attached hydrogen (secondary N) is 3. The van der Waals surface area contributed by atoms with Gasteiger partial charge in [0, 0.05) is 19.1 Å². The van der Waals surface area contributed by atoms with Gasteiger partial charge < -0.3 is 30.9 Å². The average Bonchev–Trinajstić information content (AvgIpc) is 3.04. The van der Waals surface area contributed by atoms with Crippen LogP contribution in [0.4, 0.5) is 9.59 Å². The molecule has 0 heterocycles. The van der Waals surface area contributed by atoms with Crippen molar-refractivity contribution in [2.24, 2.45) is 29.4 Å². The lowest BCUT2D eigenvalue weighted by molar-refractivity contribution is -0.133. The van der Waals surface area contributed by atoms with E-state index in [2.05, 4.69) is 29.2 Å². The van der Waals surface area contributed by atoms with E-state index in [1.54, 1.807) is 57.0 Å². The first-order chi connectivity index (χ1) is 22.4. The summed E-state index contributed by atoms with van der Waals surface area (Å²) in [6.45, 7) is 14.5. The number of ketones is 1. The van der Waals surface area contributed by atoms with Crippen LogP contribution in [0.25, 0.3) is 0 Å². The van der Waals surface area contributed by atoms with Crippen LogP contribution in [0.15, 0.2) is 55.6 Å². The first-order valence-corrected chi connectivity index (χ1v) is 16.6. The molecule has 1 aromatic carbocycles. The molecule has 0 saturated heterocycles. The first kappa shape index (κ1) is 39.4. The topological polar surface area (TPSA) is 172 Å². The third-order valence-corrected chi connectivity index (χ3v) is 8.33. The Morgan fingerprint density at radius 3 is 1.96 bits per heavy atom. The molecular formula is C35H55N5O7. The summed E-state index contributed by atoms with van der Waals surface area (Å²) in [5.74, 6) is -2.50. The van der Waals surface area contributed by atoms with Crippen molar-refractivity contribution in [3.63, 3.8) is 0 Å². The number of nitrogens with zero attached hydrogens (tertiary/aromatic N) is 1. The van der Waals surface area contributed by atoms with Gasteiger partial charge in [0.2, 0.25) is 0 Å². The van der Waals surface area contributed by atoms with Gasteiger partial charge in [0.05, 0.1) is 18.1 Å². The summed E-state index contributed by atoms with van der Waals surface area (Å²) in [6, 6.07) is 6.09. The van der Waals surface area contributed by atoms with Gasteiger partial charge in [-0.15, -0.1) is 0 Å². The van der Waals surface area contributed by atoms with E-state index in [1.807, 2.05) is 6.07 Å². The number of carbonyl (C=O) groups is 4. The highest BCUT2D eigenvalue weighted by atomic mass is 16.6. The van der Waals surface area contributed by atoms with Crippen LogP contribution in [0.3, 0.4) is 0 Å². The second-order valence-electron chi connectivity index (χ2n) is 12.8. The summed E-state index contributed by atoms with van der Waals surface area (Å²) in [4.78, 5) is 52.7. The molecule has 2 rings (SSSR count). The highest BCUT2D eigenvalue weighted by molar-refractivity contribution is 5.90. The zero-order valence-electron chi connectivity index (χ0n) is 28.4.